The summed E-state index contributed by atoms with van der Waals surface area (Å²) in [6, 6.07) is 4.35. The van der Waals surface area contributed by atoms with Crippen LogP contribution in [0.4, 0.5) is 4.39 Å². The Morgan fingerprint density at radius 1 is 1.46 bits per heavy atom. The van der Waals surface area contributed by atoms with Crippen LogP contribution in [-0.2, 0) is 5.41 Å². The summed E-state index contributed by atoms with van der Waals surface area (Å²) in [6.45, 7) is 3.50. The van der Waals surface area contributed by atoms with Gasteiger partial charge in [0.1, 0.15) is 0 Å². The summed E-state index contributed by atoms with van der Waals surface area (Å²) >= 11 is 0. The standard InChI is InChI=1S/C11H11FO/c1-4-11(2,3)8-6-5-7-9(12)10(8)13/h1,5-7,13H,2-3H3. The maximum Gasteiger partial charge on any atom is 0.165 e. The number of phenols is 1. The van der Waals surface area contributed by atoms with Crippen molar-refractivity contribution < 1.29 is 9.50 Å². The first kappa shape index (κ1) is 9.60. The van der Waals surface area contributed by atoms with E-state index in [0.29, 0.717) is 5.56 Å². The Labute approximate surface area is 77.2 Å². The molecule has 0 atom stereocenters. The largest absolute Gasteiger partial charge is 0.505 e. The molecule has 0 aromatic heterocycles. The molecular weight excluding hydrogens is 167 g/mol. The van der Waals surface area contributed by atoms with E-state index in [-0.39, 0.29) is 5.75 Å². The van der Waals surface area contributed by atoms with Gasteiger partial charge in [0.15, 0.2) is 11.6 Å². The minimum atomic E-state index is -0.647. The van der Waals surface area contributed by atoms with Gasteiger partial charge in [0.05, 0.1) is 5.41 Å². The van der Waals surface area contributed by atoms with Crippen molar-refractivity contribution in [2.45, 2.75) is 19.3 Å². The normalized spacial score (nSPS) is 10.9. The fourth-order valence-electron chi connectivity index (χ4n) is 1.10. The highest BCUT2D eigenvalue weighted by Gasteiger charge is 2.22. The molecule has 0 fully saturated rings. The van der Waals surface area contributed by atoms with Crippen LogP contribution in [0.25, 0.3) is 0 Å². The van der Waals surface area contributed by atoms with Crippen molar-refractivity contribution in [3.63, 3.8) is 0 Å². The van der Waals surface area contributed by atoms with Gasteiger partial charge in [-0.2, -0.15) is 0 Å². The molecule has 0 amide bonds. The van der Waals surface area contributed by atoms with Crippen LogP contribution in [0.15, 0.2) is 18.2 Å². The van der Waals surface area contributed by atoms with E-state index < -0.39 is 11.2 Å². The molecule has 0 saturated heterocycles. The van der Waals surface area contributed by atoms with Crippen molar-refractivity contribution in [3.8, 4) is 18.1 Å². The Morgan fingerprint density at radius 2 is 2.08 bits per heavy atom. The monoisotopic (exact) mass is 178 g/mol. The quantitative estimate of drug-likeness (QED) is 0.655. The second-order valence-electron chi connectivity index (χ2n) is 3.41. The first-order chi connectivity index (χ1) is 5.99. The molecule has 2 heteroatoms. The highest BCUT2D eigenvalue weighted by Crippen LogP contribution is 2.31. The predicted octanol–water partition coefficient (Wildman–Crippen LogP) is 2.44. The van der Waals surface area contributed by atoms with Gasteiger partial charge in [0.25, 0.3) is 0 Å². The SMILES string of the molecule is C#CC(C)(C)c1cccc(F)c1O. The molecule has 0 unspecified atom stereocenters. The third-order valence-corrected chi connectivity index (χ3v) is 2.02. The highest BCUT2D eigenvalue weighted by molar-refractivity contribution is 5.43. The molecule has 0 aliphatic rings. The first-order valence-corrected chi connectivity index (χ1v) is 3.95. The summed E-state index contributed by atoms with van der Waals surface area (Å²) in [5.41, 5.74) is -0.207. The number of rotatable bonds is 1. The fourth-order valence-corrected chi connectivity index (χ4v) is 1.10. The van der Waals surface area contributed by atoms with Gasteiger partial charge in [-0.3, -0.25) is 0 Å². The number of para-hydroxylation sites is 1. The lowest BCUT2D eigenvalue weighted by atomic mass is 9.85. The molecule has 0 radical (unpaired) electrons. The zero-order valence-electron chi connectivity index (χ0n) is 7.63. The topological polar surface area (TPSA) is 20.2 Å². The van der Waals surface area contributed by atoms with Crippen LogP contribution in [0.3, 0.4) is 0 Å². The van der Waals surface area contributed by atoms with Gasteiger partial charge < -0.3 is 5.11 Å². The van der Waals surface area contributed by atoms with Gasteiger partial charge in [-0.1, -0.05) is 18.1 Å². The molecule has 68 valence electrons. The number of hydrogen-bond acceptors (Lipinski definition) is 1. The molecule has 13 heavy (non-hydrogen) atoms. The number of benzene rings is 1. The van der Waals surface area contributed by atoms with Crippen LogP contribution >= 0.6 is 0 Å². The van der Waals surface area contributed by atoms with E-state index >= 15 is 0 Å². The smallest absolute Gasteiger partial charge is 0.165 e. The van der Waals surface area contributed by atoms with Gasteiger partial charge in [-0.05, 0) is 19.9 Å². The third-order valence-electron chi connectivity index (χ3n) is 2.02. The van der Waals surface area contributed by atoms with Crippen molar-refractivity contribution in [1.82, 2.24) is 0 Å². The van der Waals surface area contributed by atoms with Gasteiger partial charge in [-0.15, -0.1) is 6.42 Å². The molecule has 0 heterocycles. The van der Waals surface area contributed by atoms with E-state index in [9.17, 15) is 9.50 Å². The van der Waals surface area contributed by atoms with Gasteiger partial charge in [0.2, 0.25) is 0 Å². The lowest BCUT2D eigenvalue weighted by molar-refractivity contribution is 0.417. The van der Waals surface area contributed by atoms with E-state index in [1.807, 2.05) is 0 Å². The minimum Gasteiger partial charge on any atom is -0.505 e. The molecule has 1 rings (SSSR count). The summed E-state index contributed by atoms with van der Waals surface area (Å²) in [5, 5.41) is 9.39. The molecule has 1 N–H and O–H groups in total. The zero-order valence-corrected chi connectivity index (χ0v) is 7.63. The zero-order chi connectivity index (χ0) is 10.1. The van der Waals surface area contributed by atoms with Gasteiger partial charge >= 0.3 is 0 Å². The van der Waals surface area contributed by atoms with Crippen LogP contribution in [0.2, 0.25) is 0 Å². The second-order valence-corrected chi connectivity index (χ2v) is 3.41. The Kier molecular flexibility index (Phi) is 2.29. The Morgan fingerprint density at radius 3 is 2.62 bits per heavy atom. The van der Waals surface area contributed by atoms with Crippen molar-refractivity contribution >= 4 is 0 Å². The Hall–Kier alpha value is -1.49. The number of halogens is 1. The summed E-state index contributed by atoms with van der Waals surface area (Å²) in [7, 11) is 0. The average molecular weight is 178 g/mol. The van der Waals surface area contributed by atoms with Crippen LogP contribution in [0, 0.1) is 18.2 Å². The van der Waals surface area contributed by atoms with E-state index in [1.165, 1.54) is 12.1 Å². The molecule has 1 aromatic carbocycles. The van der Waals surface area contributed by atoms with Crippen molar-refractivity contribution in [3.05, 3.63) is 29.6 Å². The number of aromatic hydroxyl groups is 1. The maximum atomic E-state index is 12.9. The van der Waals surface area contributed by atoms with E-state index in [2.05, 4.69) is 5.92 Å². The van der Waals surface area contributed by atoms with Crippen molar-refractivity contribution in [1.29, 1.82) is 0 Å². The van der Waals surface area contributed by atoms with E-state index in [4.69, 9.17) is 6.42 Å². The Balaban J connectivity index is 3.33. The lowest BCUT2D eigenvalue weighted by Crippen LogP contribution is -2.14. The molecule has 0 spiro atoms. The molecule has 0 bridgehead atoms. The number of hydrogen-bond donors (Lipinski definition) is 1. The molecule has 1 aromatic rings. The van der Waals surface area contributed by atoms with E-state index in [1.54, 1.807) is 19.9 Å². The molecule has 0 aliphatic heterocycles. The fraction of sp³-hybridized carbons (Fsp3) is 0.273. The van der Waals surface area contributed by atoms with Crippen LogP contribution in [0.1, 0.15) is 19.4 Å². The lowest BCUT2D eigenvalue weighted by Gasteiger charge is -2.19. The van der Waals surface area contributed by atoms with Crippen molar-refractivity contribution in [2.75, 3.05) is 0 Å². The van der Waals surface area contributed by atoms with Gasteiger partial charge in [-0.25, -0.2) is 4.39 Å². The second kappa shape index (κ2) is 3.10. The number of phenolic OH excluding ortho intramolecular Hbond substituents is 1. The molecular formula is C11H11FO. The third kappa shape index (κ3) is 1.65. The van der Waals surface area contributed by atoms with Crippen LogP contribution in [0.5, 0.6) is 5.75 Å². The maximum absolute atomic E-state index is 12.9. The average Bonchev–Trinajstić information content (AvgIpc) is 2.09. The molecule has 0 aliphatic carbocycles. The van der Waals surface area contributed by atoms with Gasteiger partial charge in [0, 0.05) is 5.56 Å². The predicted molar refractivity (Wildman–Crippen MR) is 49.9 cm³/mol. The van der Waals surface area contributed by atoms with E-state index in [0.717, 1.165) is 0 Å². The molecule has 1 nitrogen and oxygen atoms in total. The summed E-state index contributed by atoms with van der Waals surface area (Å²) in [6.07, 6.45) is 5.27. The van der Waals surface area contributed by atoms with Crippen LogP contribution in [-0.4, -0.2) is 5.11 Å². The highest BCUT2D eigenvalue weighted by atomic mass is 19.1. The Bertz CT molecular complexity index is 361. The van der Waals surface area contributed by atoms with Crippen molar-refractivity contribution in [2.24, 2.45) is 0 Å². The summed E-state index contributed by atoms with van der Waals surface area (Å²) < 4.78 is 12.9. The molecule has 0 saturated carbocycles. The number of terminal acetylenes is 1. The van der Waals surface area contributed by atoms with Crippen LogP contribution < -0.4 is 0 Å². The summed E-state index contributed by atoms with van der Waals surface area (Å²) in [4.78, 5) is 0. The summed E-state index contributed by atoms with van der Waals surface area (Å²) in [5.74, 6) is 1.50. The minimum absolute atomic E-state index is 0.356. The first-order valence-electron chi connectivity index (χ1n) is 3.95.